The Hall–Kier alpha value is -3.06. The Morgan fingerprint density at radius 2 is 1.89 bits per heavy atom. The van der Waals surface area contributed by atoms with Gasteiger partial charge in [-0.05, 0) is 24.3 Å². The van der Waals surface area contributed by atoms with Crippen LogP contribution in [0, 0.1) is 0 Å². The van der Waals surface area contributed by atoms with Gasteiger partial charge in [-0.15, -0.1) is 0 Å². The molecule has 0 unspecified atom stereocenters. The Morgan fingerprint density at radius 3 is 2.70 bits per heavy atom. The number of fused-ring (bicyclic) bond motifs is 1. The zero-order valence-electron chi connectivity index (χ0n) is 14.3. The van der Waals surface area contributed by atoms with Crippen LogP contribution >= 0.6 is 11.6 Å². The Labute approximate surface area is 160 Å². The van der Waals surface area contributed by atoms with E-state index < -0.39 is 18.5 Å². The Bertz CT molecular complexity index is 871. The molecule has 0 aliphatic carbocycles. The van der Waals surface area contributed by atoms with Gasteiger partial charge in [0.2, 0.25) is 5.91 Å². The summed E-state index contributed by atoms with van der Waals surface area (Å²) in [4.78, 5) is 37.6. The summed E-state index contributed by atoms with van der Waals surface area (Å²) >= 11 is 5.96. The largest absolute Gasteiger partial charge is 0.491 e. The van der Waals surface area contributed by atoms with Crippen LogP contribution < -0.4 is 15.0 Å². The Morgan fingerprint density at radius 1 is 1.15 bits per heavy atom. The molecule has 1 aliphatic rings. The smallest absolute Gasteiger partial charge is 0.326 e. The third-order valence-electron chi connectivity index (χ3n) is 3.83. The second kappa shape index (κ2) is 8.55. The van der Waals surface area contributed by atoms with Gasteiger partial charge in [0.1, 0.15) is 12.3 Å². The molecule has 1 aliphatic heterocycles. The van der Waals surface area contributed by atoms with E-state index in [0.29, 0.717) is 22.1 Å². The number of esters is 1. The van der Waals surface area contributed by atoms with Crippen molar-refractivity contribution in [1.29, 1.82) is 0 Å². The first-order valence-electron chi connectivity index (χ1n) is 8.27. The number of amides is 2. The van der Waals surface area contributed by atoms with E-state index in [1.54, 1.807) is 48.5 Å². The lowest BCUT2D eigenvalue weighted by Gasteiger charge is -2.20. The van der Waals surface area contributed by atoms with E-state index in [-0.39, 0.29) is 25.5 Å². The van der Waals surface area contributed by atoms with Crippen LogP contribution in [0.4, 0.5) is 11.4 Å². The van der Waals surface area contributed by atoms with Crippen molar-refractivity contribution >= 4 is 40.8 Å². The minimum Gasteiger partial charge on any atom is -0.491 e. The maximum absolute atomic E-state index is 12.3. The molecule has 1 N–H and O–H groups in total. The highest BCUT2D eigenvalue weighted by molar-refractivity contribution is 6.33. The topological polar surface area (TPSA) is 84.9 Å². The average molecular weight is 389 g/mol. The summed E-state index contributed by atoms with van der Waals surface area (Å²) in [5, 5.41) is 2.93. The van der Waals surface area contributed by atoms with Gasteiger partial charge in [-0.1, -0.05) is 35.9 Å². The molecule has 0 spiro atoms. The molecule has 2 aromatic rings. The second-order valence-electron chi connectivity index (χ2n) is 5.73. The minimum absolute atomic E-state index is 0.148. The fourth-order valence-electron chi connectivity index (χ4n) is 2.56. The quantitative estimate of drug-likeness (QED) is 0.796. The predicted octanol–water partition coefficient (Wildman–Crippen LogP) is 2.64. The number of carbonyl (C=O) groups is 3. The fourth-order valence-corrected chi connectivity index (χ4v) is 2.75. The molecule has 140 valence electrons. The van der Waals surface area contributed by atoms with Crippen molar-refractivity contribution in [2.45, 2.75) is 6.42 Å². The van der Waals surface area contributed by atoms with E-state index in [1.165, 1.54) is 4.90 Å². The van der Waals surface area contributed by atoms with Gasteiger partial charge in [-0.25, -0.2) is 0 Å². The highest BCUT2D eigenvalue weighted by Gasteiger charge is 2.25. The summed E-state index contributed by atoms with van der Waals surface area (Å²) in [7, 11) is 0. The molecule has 27 heavy (non-hydrogen) atoms. The number of carbonyl (C=O) groups excluding carboxylic acids is 3. The molecule has 1 heterocycles. The number of para-hydroxylation sites is 3. The highest BCUT2D eigenvalue weighted by Crippen LogP contribution is 2.30. The highest BCUT2D eigenvalue weighted by atomic mass is 35.5. The molecule has 0 bridgehead atoms. The molecule has 0 aromatic heterocycles. The summed E-state index contributed by atoms with van der Waals surface area (Å²) < 4.78 is 10.5. The van der Waals surface area contributed by atoms with Crippen LogP contribution in [0.3, 0.4) is 0 Å². The molecule has 0 fully saturated rings. The molecule has 0 atom stereocenters. The van der Waals surface area contributed by atoms with Crippen molar-refractivity contribution in [2.24, 2.45) is 0 Å². The van der Waals surface area contributed by atoms with Crippen molar-refractivity contribution in [3.05, 3.63) is 53.6 Å². The molecule has 0 saturated carbocycles. The maximum Gasteiger partial charge on any atom is 0.326 e. The van der Waals surface area contributed by atoms with E-state index in [4.69, 9.17) is 21.1 Å². The van der Waals surface area contributed by atoms with Crippen LogP contribution in [0.2, 0.25) is 5.02 Å². The molecule has 0 radical (unpaired) electrons. The molecule has 0 saturated heterocycles. The summed E-state index contributed by atoms with van der Waals surface area (Å²) in [6.45, 7) is -0.551. The minimum atomic E-state index is -0.700. The second-order valence-corrected chi connectivity index (χ2v) is 6.14. The molecular weight excluding hydrogens is 372 g/mol. The van der Waals surface area contributed by atoms with E-state index in [2.05, 4.69) is 5.32 Å². The molecule has 3 rings (SSSR count). The predicted molar refractivity (Wildman–Crippen MR) is 99.9 cm³/mol. The number of benzene rings is 2. The normalized spacial score (nSPS) is 13.2. The lowest BCUT2D eigenvalue weighted by Crippen LogP contribution is -2.37. The van der Waals surface area contributed by atoms with Crippen molar-refractivity contribution in [2.75, 3.05) is 30.0 Å². The molecule has 7 nitrogen and oxygen atoms in total. The number of hydrogen-bond donors (Lipinski definition) is 1. The van der Waals surface area contributed by atoms with Gasteiger partial charge in [0, 0.05) is 0 Å². The zero-order chi connectivity index (χ0) is 19.2. The number of hydrogen-bond acceptors (Lipinski definition) is 5. The Kier molecular flexibility index (Phi) is 5.93. The third kappa shape index (κ3) is 4.77. The lowest BCUT2D eigenvalue weighted by atomic mass is 10.2. The number of anilines is 2. The van der Waals surface area contributed by atoms with Crippen molar-refractivity contribution < 1.29 is 23.9 Å². The number of ether oxygens (including phenoxy) is 2. The third-order valence-corrected chi connectivity index (χ3v) is 4.16. The molecule has 2 aromatic carbocycles. The fraction of sp³-hybridized carbons (Fsp3) is 0.211. The van der Waals surface area contributed by atoms with Gasteiger partial charge < -0.3 is 14.8 Å². The summed E-state index contributed by atoms with van der Waals surface area (Å²) in [5.41, 5.74) is 0.923. The van der Waals surface area contributed by atoms with Gasteiger partial charge in [0.05, 0.1) is 29.4 Å². The van der Waals surface area contributed by atoms with Crippen LogP contribution in [-0.4, -0.2) is 37.5 Å². The first kappa shape index (κ1) is 18.7. The molecule has 2 amide bonds. The van der Waals surface area contributed by atoms with Crippen LogP contribution in [0.5, 0.6) is 5.75 Å². The van der Waals surface area contributed by atoms with Gasteiger partial charge in [0.25, 0.3) is 5.91 Å². The van der Waals surface area contributed by atoms with Gasteiger partial charge in [-0.2, -0.15) is 0 Å². The number of halogens is 1. The van der Waals surface area contributed by atoms with Crippen LogP contribution in [0.25, 0.3) is 0 Å². The van der Waals surface area contributed by atoms with E-state index >= 15 is 0 Å². The van der Waals surface area contributed by atoms with E-state index in [9.17, 15) is 14.4 Å². The number of rotatable bonds is 5. The van der Waals surface area contributed by atoms with Crippen LogP contribution in [0.1, 0.15) is 6.42 Å². The zero-order valence-corrected chi connectivity index (χ0v) is 15.1. The number of nitrogens with one attached hydrogen (secondary N) is 1. The number of nitrogens with zero attached hydrogens (tertiary/aromatic N) is 1. The average Bonchev–Trinajstić information content (AvgIpc) is 2.81. The van der Waals surface area contributed by atoms with Gasteiger partial charge in [-0.3, -0.25) is 19.3 Å². The van der Waals surface area contributed by atoms with E-state index in [1.807, 2.05) is 0 Å². The summed E-state index contributed by atoms with van der Waals surface area (Å²) in [6.07, 6.45) is 0.148. The molecule has 8 heteroatoms. The van der Waals surface area contributed by atoms with Crippen LogP contribution in [-0.2, 0) is 19.1 Å². The van der Waals surface area contributed by atoms with Crippen molar-refractivity contribution in [3.63, 3.8) is 0 Å². The standard InChI is InChI=1S/C19H17ClN2O5/c20-13-5-1-2-6-14(13)21-17(23)12-27-19(25)11-22-15-7-3-4-8-16(15)26-10-9-18(22)24/h1-8H,9-12H2,(H,21,23). The first-order valence-corrected chi connectivity index (χ1v) is 8.64. The molecular formula is C19H17ClN2O5. The monoisotopic (exact) mass is 388 g/mol. The maximum atomic E-state index is 12.3. The van der Waals surface area contributed by atoms with Crippen molar-refractivity contribution in [1.82, 2.24) is 0 Å². The first-order chi connectivity index (χ1) is 13.0. The van der Waals surface area contributed by atoms with Crippen LogP contribution in [0.15, 0.2) is 48.5 Å². The Balaban J connectivity index is 1.58. The summed E-state index contributed by atoms with van der Waals surface area (Å²) in [5.74, 6) is -0.957. The van der Waals surface area contributed by atoms with E-state index in [0.717, 1.165) is 0 Å². The SMILES string of the molecule is O=C(COC(=O)CN1C(=O)CCOc2ccccc21)Nc1ccccc1Cl. The summed E-state index contributed by atoms with van der Waals surface area (Å²) in [6, 6.07) is 13.7. The lowest BCUT2D eigenvalue weighted by molar-refractivity contribution is -0.146. The van der Waals surface area contributed by atoms with Crippen molar-refractivity contribution in [3.8, 4) is 5.75 Å². The van der Waals surface area contributed by atoms with Gasteiger partial charge in [0.15, 0.2) is 6.61 Å². The van der Waals surface area contributed by atoms with Gasteiger partial charge >= 0.3 is 5.97 Å².